The van der Waals surface area contributed by atoms with Gasteiger partial charge in [0.05, 0.1) is 0 Å². The molecule has 2 heteroatoms. The lowest BCUT2D eigenvalue weighted by molar-refractivity contribution is 0.476. The zero-order valence-corrected chi connectivity index (χ0v) is 9.33. The van der Waals surface area contributed by atoms with Crippen molar-refractivity contribution in [2.45, 2.75) is 44.7 Å². The molecule has 1 saturated carbocycles. The maximum absolute atomic E-state index is 13.0. The summed E-state index contributed by atoms with van der Waals surface area (Å²) in [6, 6.07) is 8.03. The molecule has 1 aliphatic rings. The fourth-order valence-electron chi connectivity index (χ4n) is 1.84. The number of halogens is 1. The smallest absolute Gasteiger partial charge is 0.123 e. The Bertz CT molecular complexity index is 333. The normalized spacial score (nSPS) is 19.9. The number of nitrogens with one attached hydrogen (secondary N) is 1. The molecular formula is C13H18FN. The quantitative estimate of drug-likeness (QED) is 0.800. The van der Waals surface area contributed by atoms with Crippen molar-refractivity contribution in [2.75, 3.05) is 0 Å². The minimum Gasteiger partial charge on any atom is -0.311 e. The highest BCUT2D eigenvalue weighted by atomic mass is 19.1. The highest BCUT2D eigenvalue weighted by Crippen LogP contribution is 2.25. The third-order valence-corrected chi connectivity index (χ3v) is 3.20. The molecule has 1 fully saturated rings. The van der Waals surface area contributed by atoms with Crippen LogP contribution in [-0.4, -0.2) is 12.1 Å². The van der Waals surface area contributed by atoms with Gasteiger partial charge in [-0.15, -0.1) is 0 Å². The first-order valence-corrected chi connectivity index (χ1v) is 5.68. The fraction of sp³-hybridized carbons (Fsp3) is 0.538. The molecule has 0 saturated heterocycles. The van der Waals surface area contributed by atoms with Gasteiger partial charge in [-0.05, 0) is 43.4 Å². The molecule has 0 bridgehead atoms. The van der Waals surface area contributed by atoms with Crippen LogP contribution in [0.5, 0.6) is 0 Å². The molecule has 2 unspecified atom stereocenters. The van der Waals surface area contributed by atoms with Crippen LogP contribution in [0.2, 0.25) is 0 Å². The van der Waals surface area contributed by atoms with Gasteiger partial charge in [0.1, 0.15) is 5.82 Å². The number of hydrogen-bond acceptors (Lipinski definition) is 1. The summed E-state index contributed by atoms with van der Waals surface area (Å²) < 4.78 is 13.0. The highest BCUT2D eigenvalue weighted by Gasteiger charge is 2.25. The number of rotatable bonds is 4. The van der Waals surface area contributed by atoms with E-state index in [-0.39, 0.29) is 5.82 Å². The van der Waals surface area contributed by atoms with Crippen LogP contribution in [0.15, 0.2) is 24.3 Å². The first kappa shape index (κ1) is 10.6. The van der Waals surface area contributed by atoms with Crippen LogP contribution in [0.25, 0.3) is 0 Å². The summed E-state index contributed by atoms with van der Waals surface area (Å²) in [5, 5.41) is 3.55. The summed E-state index contributed by atoms with van der Waals surface area (Å²) in [6.07, 6.45) is 2.58. The van der Waals surface area contributed by atoms with E-state index in [1.165, 1.54) is 18.9 Å². The summed E-state index contributed by atoms with van der Waals surface area (Å²) in [6.45, 7) is 4.32. The Morgan fingerprint density at radius 2 is 2.07 bits per heavy atom. The van der Waals surface area contributed by atoms with Crippen LogP contribution >= 0.6 is 0 Å². The van der Waals surface area contributed by atoms with Gasteiger partial charge >= 0.3 is 0 Å². The minimum atomic E-state index is -0.141. The van der Waals surface area contributed by atoms with Gasteiger partial charge in [-0.1, -0.05) is 19.1 Å². The zero-order chi connectivity index (χ0) is 10.8. The first-order valence-electron chi connectivity index (χ1n) is 5.68. The molecule has 2 atom stereocenters. The molecule has 1 N–H and O–H groups in total. The topological polar surface area (TPSA) is 12.0 Å². The summed E-state index contributed by atoms with van der Waals surface area (Å²) in [4.78, 5) is 0. The first-order chi connectivity index (χ1) is 7.16. The average molecular weight is 207 g/mol. The molecule has 1 aliphatic carbocycles. The summed E-state index contributed by atoms with van der Waals surface area (Å²) in [5.74, 6) is 0.222. The third kappa shape index (κ3) is 2.78. The Labute approximate surface area is 90.7 Å². The lowest BCUT2D eigenvalue weighted by atomic mass is 9.94. The van der Waals surface area contributed by atoms with Crippen molar-refractivity contribution in [3.63, 3.8) is 0 Å². The lowest BCUT2D eigenvalue weighted by Crippen LogP contribution is -2.32. The van der Waals surface area contributed by atoms with Crippen LogP contribution in [-0.2, 0) is 0 Å². The van der Waals surface area contributed by atoms with E-state index in [1.807, 2.05) is 6.07 Å². The molecular weight excluding hydrogens is 189 g/mol. The van der Waals surface area contributed by atoms with Crippen molar-refractivity contribution >= 4 is 0 Å². The SMILES string of the molecule is CC(NC1CC1)C(C)c1cccc(F)c1. The summed E-state index contributed by atoms with van der Waals surface area (Å²) in [7, 11) is 0. The van der Waals surface area contributed by atoms with Crippen molar-refractivity contribution in [3.05, 3.63) is 35.6 Å². The second-order valence-corrected chi connectivity index (χ2v) is 4.57. The molecule has 0 amide bonds. The van der Waals surface area contributed by atoms with Crippen LogP contribution in [0.4, 0.5) is 4.39 Å². The Balaban J connectivity index is 2.01. The van der Waals surface area contributed by atoms with Gasteiger partial charge in [0.15, 0.2) is 0 Å². The predicted molar refractivity (Wildman–Crippen MR) is 60.4 cm³/mol. The average Bonchev–Trinajstić information content (AvgIpc) is 3.00. The number of benzene rings is 1. The van der Waals surface area contributed by atoms with E-state index in [0.29, 0.717) is 18.0 Å². The van der Waals surface area contributed by atoms with Gasteiger partial charge in [0.25, 0.3) is 0 Å². The van der Waals surface area contributed by atoms with Crippen LogP contribution in [0.1, 0.15) is 38.2 Å². The molecule has 82 valence electrons. The van der Waals surface area contributed by atoms with Gasteiger partial charge in [-0.2, -0.15) is 0 Å². The van der Waals surface area contributed by atoms with Gasteiger partial charge in [-0.3, -0.25) is 0 Å². The minimum absolute atomic E-state index is 0.141. The van der Waals surface area contributed by atoms with Crippen LogP contribution < -0.4 is 5.32 Å². The van der Waals surface area contributed by atoms with Gasteiger partial charge < -0.3 is 5.32 Å². The Morgan fingerprint density at radius 1 is 1.33 bits per heavy atom. The maximum atomic E-state index is 13.0. The van der Waals surface area contributed by atoms with E-state index in [2.05, 4.69) is 19.2 Å². The highest BCUT2D eigenvalue weighted by molar-refractivity contribution is 5.21. The molecule has 0 aromatic heterocycles. The standard InChI is InChI=1S/C13H18FN/c1-9(10(2)15-13-6-7-13)11-4-3-5-12(14)8-11/h3-5,8-10,13,15H,6-7H2,1-2H3. The second-order valence-electron chi connectivity index (χ2n) is 4.57. The Morgan fingerprint density at radius 3 is 2.67 bits per heavy atom. The maximum Gasteiger partial charge on any atom is 0.123 e. The summed E-state index contributed by atoms with van der Waals surface area (Å²) in [5.41, 5.74) is 1.08. The van der Waals surface area contributed by atoms with E-state index in [9.17, 15) is 4.39 Å². The van der Waals surface area contributed by atoms with Crippen molar-refractivity contribution in [1.29, 1.82) is 0 Å². The van der Waals surface area contributed by atoms with E-state index in [0.717, 1.165) is 5.56 Å². The lowest BCUT2D eigenvalue weighted by Gasteiger charge is -2.21. The molecule has 1 nitrogen and oxygen atoms in total. The van der Waals surface area contributed by atoms with E-state index in [1.54, 1.807) is 12.1 Å². The van der Waals surface area contributed by atoms with Gasteiger partial charge in [0, 0.05) is 12.1 Å². The third-order valence-electron chi connectivity index (χ3n) is 3.20. The monoisotopic (exact) mass is 207 g/mol. The Kier molecular flexibility index (Phi) is 3.06. The molecule has 2 rings (SSSR count). The van der Waals surface area contributed by atoms with Crippen molar-refractivity contribution in [1.82, 2.24) is 5.32 Å². The molecule has 0 heterocycles. The number of hydrogen-bond donors (Lipinski definition) is 1. The van der Waals surface area contributed by atoms with Crippen LogP contribution in [0, 0.1) is 5.82 Å². The summed E-state index contributed by atoms with van der Waals surface area (Å²) >= 11 is 0. The van der Waals surface area contributed by atoms with Crippen LogP contribution in [0.3, 0.4) is 0 Å². The van der Waals surface area contributed by atoms with Crippen molar-refractivity contribution < 1.29 is 4.39 Å². The molecule has 0 spiro atoms. The zero-order valence-electron chi connectivity index (χ0n) is 9.33. The van der Waals surface area contributed by atoms with E-state index < -0.39 is 0 Å². The molecule has 0 radical (unpaired) electrons. The molecule has 0 aliphatic heterocycles. The van der Waals surface area contributed by atoms with E-state index >= 15 is 0 Å². The van der Waals surface area contributed by atoms with Gasteiger partial charge in [0.2, 0.25) is 0 Å². The largest absolute Gasteiger partial charge is 0.311 e. The molecule has 1 aromatic carbocycles. The van der Waals surface area contributed by atoms with E-state index in [4.69, 9.17) is 0 Å². The molecule has 15 heavy (non-hydrogen) atoms. The van der Waals surface area contributed by atoms with Gasteiger partial charge in [-0.25, -0.2) is 4.39 Å². The molecule has 1 aromatic rings. The Hall–Kier alpha value is -0.890. The fourth-order valence-corrected chi connectivity index (χ4v) is 1.84. The second kappa shape index (κ2) is 4.31. The van der Waals surface area contributed by atoms with Crippen molar-refractivity contribution in [2.24, 2.45) is 0 Å². The van der Waals surface area contributed by atoms with Crippen molar-refractivity contribution in [3.8, 4) is 0 Å². The predicted octanol–water partition coefficient (Wildman–Crippen LogP) is 3.07.